The third-order valence-electron chi connectivity index (χ3n) is 4.33. The van der Waals surface area contributed by atoms with Crippen LogP contribution in [-0.2, 0) is 9.59 Å². The highest BCUT2D eigenvalue weighted by atomic mass is 32.1. The van der Waals surface area contributed by atoms with Crippen LogP contribution < -0.4 is 5.32 Å². The molecule has 0 unspecified atom stereocenters. The molecule has 1 aromatic rings. The van der Waals surface area contributed by atoms with Crippen LogP contribution in [0.5, 0.6) is 0 Å². The smallest absolute Gasteiger partial charge is 0.263 e. The molecule has 2 heterocycles. The fourth-order valence-corrected chi connectivity index (χ4v) is 3.84. The SMILES string of the molecule is CCN(CC(=O)NC(C)(C)C)C(=O)[C@@H]1CCCN(C(=O)c2cccs2)C1. The van der Waals surface area contributed by atoms with Crippen molar-refractivity contribution in [3.05, 3.63) is 22.4 Å². The van der Waals surface area contributed by atoms with Crippen LogP contribution in [0.15, 0.2) is 17.5 Å². The Morgan fingerprint density at radius 3 is 2.65 bits per heavy atom. The lowest BCUT2D eigenvalue weighted by molar-refractivity contribution is -0.140. The summed E-state index contributed by atoms with van der Waals surface area (Å²) in [6.45, 7) is 9.26. The van der Waals surface area contributed by atoms with Crippen LogP contribution >= 0.6 is 11.3 Å². The van der Waals surface area contributed by atoms with E-state index >= 15 is 0 Å². The number of amides is 3. The lowest BCUT2D eigenvalue weighted by Crippen LogP contribution is -2.51. The van der Waals surface area contributed by atoms with Gasteiger partial charge < -0.3 is 15.1 Å². The number of likely N-dealkylation sites (N-methyl/N-ethyl adjacent to an activating group) is 1. The summed E-state index contributed by atoms with van der Waals surface area (Å²) in [7, 11) is 0. The number of piperidine rings is 1. The molecule has 7 heteroatoms. The third-order valence-corrected chi connectivity index (χ3v) is 5.19. The van der Waals surface area contributed by atoms with E-state index in [2.05, 4.69) is 5.32 Å². The highest BCUT2D eigenvalue weighted by Gasteiger charge is 2.32. The molecule has 0 spiro atoms. The average Bonchev–Trinajstić information content (AvgIpc) is 3.11. The first-order valence-corrected chi connectivity index (χ1v) is 10.0. The Bertz CT molecular complexity index is 637. The van der Waals surface area contributed by atoms with Crippen LogP contribution in [0.2, 0.25) is 0 Å². The van der Waals surface area contributed by atoms with E-state index in [1.807, 2.05) is 45.2 Å². The Hall–Kier alpha value is -1.89. The highest BCUT2D eigenvalue weighted by Crippen LogP contribution is 2.22. The number of carbonyl (C=O) groups is 3. The Labute approximate surface area is 159 Å². The molecule has 6 nitrogen and oxygen atoms in total. The fraction of sp³-hybridized carbons (Fsp3) is 0.632. The van der Waals surface area contributed by atoms with Gasteiger partial charge in [0, 0.05) is 25.2 Å². The van der Waals surface area contributed by atoms with Gasteiger partial charge in [-0.05, 0) is 52.0 Å². The van der Waals surface area contributed by atoms with E-state index in [1.165, 1.54) is 11.3 Å². The molecule has 1 fully saturated rings. The second-order valence-corrected chi connectivity index (χ2v) is 8.67. The van der Waals surface area contributed by atoms with Gasteiger partial charge in [-0.1, -0.05) is 6.07 Å². The summed E-state index contributed by atoms with van der Waals surface area (Å²) < 4.78 is 0. The van der Waals surface area contributed by atoms with Crippen molar-refractivity contribution in [2.24, 2.45) is 5.92 Å². The number of hydrogen-bond acceptors (Lipinski definition) is 4. The number of hydrogen-bond donors (Lipinski definition) is 1. The maximum atomic E-state index is 12.9. The maximum Gasteiger partial charge on any atom is 0.263 e. The van der Waals surface area contributed by atoms with Gasteiger partial charge in [0.15, 0.2) is 0 Å². The van der Waals surface area contributed by atoms with E-state index in [4.69, 9.17) is 0 Å². The van der Waals surface area contributed by atoms with Crippen LogP contribution in [0, 0.1) is 5.92 Å². The zero-order valence-electron chi connectivity index (χ0n) is 16.1. The molecule has 1 atom stereocenters. The summed E-state index contributed by atoms with van der Waals surface area (Å²) in [4.78, 5) is 41.7. The van der Waals surface area contributed by atoms with E-state index in [9.17, 15) is 14.4 Å². The number of nitrogens with zero attached hydrogens (tertiary/aromatic N) is 2. The number of thiophene rings is 1. The van der Waals surface area contributed by atoms with Crippen LogP contribution in [0.4, 0.5) is 0 Å². The second-order valence-electron chi connectivity index (χ2n) is 7.72. The Balaban J connectivity index is 1.98. The molecule has 0 aliphatic carbocycles. The number of likely N-dealkylation sites (tertiary alicyclic amines) is 1. The molecule has 1 N–H and O–H groups in total. The summed E-state index contributed by atoms with van der Waals surface area (Å²) >= 11 is 1.42. The summed E-state index contributed by atoms with van der Waals surface area (Å²) in [5.74, 6) is -0.448. The normalized spacial score (nSPS) is 17.7. The molecule has 0 radical (unpaired) electrons. The predicted octanol–water partition coefficient (Wildman–Crippen LogP) is 2.36. The first-order chi connectivity index (χ1) is 12.2. The second kappa shape index (κ2) is 8.66. The largest absolute Gasteiger partial charge is 0.350 e. The molecular formula is C19H29N3O3S. The van der Waals surface area contributed by atoms with Gasteiger partial charge >= 0.3 is 0 Å². The Morgan fingerprint density at radius 1 is 1.35 bits per heavy atom. The highest BCUT2D eigenvalue weighted by molar-refractivity contribution is 7.12. The Morgan fingerprint density at radius 2 is 2.08 bits per heavy atom. The maximum absolute atomic E-state index is 12.9. The van der Waals surface area contributed by atoms with Gasteiger partial charge in [-0.25, -0.2) is 0 Å². The van der Waals surface area contributed by atoms with Crippen LogP contribution in [0.25, 0.3) is 0 Å². The van der Waals surface area contributed by atoms with Crippen molar-refractivity contribution in [2.75, 3.05) is 26.2 Å². The van der Waals surface area contributed by atoms with Crippen LogP contribution in [0.3, 0.4) is 0 Å². The van der Waals surface area contributed by atoms with Gasteiger partial charge in [-0.3, -0.25) is 14.4 Å². The number of carbonyl (C=O) groups excluding carboxylic acids is 3. The van der Waals surface area contributed by atoms with Crippen molar-refractivity contribution in [1.29, 1.82) is 0 Å². The number of rotatable bonds is 5. The molecule has 26 heavy (non-hydrogen) atoms. The minimum Gasteiger partial charge on any atom is -0.350 e. The van der Waals surface area contributed by atoms with Gasteiger partial charge in [-0.2, -0.15) is 0 Å². The van der Waals surface area contributed by atoms with E-state index in [-0.39, 0.29) is 35.7 Å². The van der Waals surface area contributed by atoms with Gasteiger partial charge in [0.05, 0.1) is 17.3 Å². The first kappa shape index (κ1) is 20.4. The van der Waals surface area contributed by atoms with Gasteiger partial charge in [-0.15, -0.1) is 11.3 Å². The molecule has 1 aliphatic heterocycles. The molecule has 1 aromatic heterocycles. The summed E-state index contributed by atoms with van der Waals surface area (Å²) in [5.41, 5.74) is -0.325. The lowest BCUT2D eigenvalue weighted by atomic mass is 9.96. The molecular weight excluding hydrogens is 350 g/mol. The Kier molecular flexibility index (Phi) is 6.81. The van der Waals surface area contributed by atoms with E-state index < -0.39 is 0 Å². The molecule has 0 saturated carbocycles. The van der Waals surface area contributed by atoms with Crippen LogP contribution in [0.1, 0.15) is 50.2 Å². The molecule has 0 aromatic carbocycles. The standard InChI is InChI=1S/C19H29N3O3S/c1-5-21(13-16(23)20-19(2,3)4)17(24)14-8-6-10-22(12-14)18(25)15-9-7-11-26-15/h7,9,11,14H,5-6,8,10,12-13H2,1-4H3,(H,20,23)/t14-/m1/s1. The minimum absolute atomic E-state index is 0.00831. The monoisotopic (exact) mass is 379 g/mol. The topological polar surface area (TPSA) is 69.7 Å². The van der Waals surface area contributed by atoms with Gasteiger partial charge in [0.1, 0.15) is 0 Å². The van der Waals surface area contributed by atoms with E-state index in [0.29, 0.717) is 24.5 Å². The molecule has 3 amide bonds. The lowest BCUT2D eigenvalue weighted by Gasteiger charge is -2.34. The fourth-order valence-electron chi connectivity index (χ4n) is 3.15. The average molecular weight is 380 g/mol. The molecule has 2 rings (SSSR count). The predicted molar refractivity (Wildman–Crippen MR) is 103 cm³/mol. The van der Waals surface area contributed by atoms with Crippen molar-refractivity contribution in [2.45, 2.75) is 46.1 Å². The molecule has 0 bridgehead atoms. The number of nitrogens with one attached hydrogen (secondary N) is 1. The summed E-state index contributed by atoms with van der Waals surface area (Å²) in [6, 6.07) is 3.67. The quantitative estimate of drug-likeness (QED) is 0.854. The van der Waals surface area contributed by atoms with E-state index in [0.717, 1.165) is 12.8 Å². The van der Waals surface area contributed by atoms with Crippen molar-refractivity contribution in [3.63, 3.8) is 0 Å². The van der Waals surface area contributed by atoms with Crippen LogP contribution in [-0.4, -0.2) is 59.2 Å². The van der Waals surface area contributed by atoms with Crippen molar-refractivity contribution < 1.29 is 14.4 Å². The first-order valence-electron chi connectivity index (χ1n) is 9.14. The van der Waals surface area contributed by atoms with Gasteiger partial charge in [0.2, 0.25) is 11.8 Å². The summed E-state index contributed by atoms with van der Waals surface area (Å²) in [6.07, 6.45) is 1.56. The third kappa shape index (κ3) is 5.56. The molecule has 144 valence electrons. The van der Waals surface area contributed by atoms with Crippen molar-refractivity contribution >= 4 is 29.1 Å². The zero-order valence-corrected chi connectivity index (χ0v) is 16.9. The van der Waals surface area contributed by atoms with E-state index in [1.54, 1.807) is 9.80 Å². The van der Waals surface area contributed by atoms with Gasteiger partial charge in [0.25, 0.3) is 5.91 Å². The minimum atomic E-state index is -0.325. The summed E-state index contributed by atoms with van der Waals surface area (Å²) in [5, 5.41) is 4.77. The van der Waals surface area contributed by atoms with Crippen molar-refractivity contribution in [1.82, 2.24) is 15.1 Å². The zero-order chi connectivity index (χ0) is 19.3. The molecule has 1 aliphatic rings. The molecule has 1 saturated heterocycles. The van der Waals surface area contributed by atoms with Crippen molar-refractivity contribution in [3.8, 4) is 0 Å².